The highest BCUT2D eigenvalue weighted by Crippen LogP contribution is 2.29. The van der Waals surface area contributed by atoms with E-state index in [0.717, 1.165) is 38.1 Å². The summed E-state index contributed by atoms with van der Waals surface area (Å²) >= 11 is 1.47. The molecule has 5 aromatic rings. The van der Waals surface area contributed by atoms with Crippen molar-refractivity contribution in [3.05, 3.63) is 71.5 Å². The van der Waals surface area contributed by atoms with Gasteiger partial charge in [-0.1, -0.05) is 35.6 Å². The monoisotopic (exact) mass is 413 g/mol. The fourth-order valence-electron chi connectivity index (χ4n) is 3.60. The summed E-state index contributed by atoms with van der Waals surface area (Å²) in [6.07, 6.45) is 1.92. The maximum atomic E-state index is 13.3. The van der Waals surface area contributed by atoms with E-state index >= 15 is 0 Å². The fraction of sp³-hybridized carbons (Fsp3) is 0.130. The van der Waals surface area contributed by atoms with Crippen molar-refractivity contribution >= 4 is 43.5 Å². The Morgan fingerprint density at radius 3 is 2.67 bits per heavy atom. The van der Waals surface area contributed by atoms with Gasteiger partial charge in [-0.15, -0.1) is 0 Å². The Morgan fingerprint density at radius 2 is 1.87 bits per heavy atom. The summed E-state index contributed by atoms with van der Waals surface area (Å²) in [6.45, 7) is 3.98. The average molecular weight is 414 g/mol. The molecule has 0 saturated carbocycles. The number of carbonyl (C=O) groups is 1. The highest BCUT2D eigenvalue weighted by molar-refractivity contribution is 7.22. The van der Waals surface area contributed by atoms with Gasteiger partial charge in [0.2, 0.25) is 0 Å². The zero-order chi connectivity index (χ0) is 20.8. The number of carbonyl (C=O) groups excluding carboxylic acids is 1. The number of amides is 1. The number of hydrogen-bond donors (Lipinski definition) is 1. The predicted molar refractivity (Wildman–Crippen MR) is 121 cm³/mol. The Bertz CT molecular complexity index is 1430. The third-order valence-electron chi connectivity index (χ3n) is 5.01. The van der Waals surface area contributed by atoms with Crippen molar-refractivity contribution in [3.63, 3.8) is 0 Å². The van der Waals surface area contributed by atoms with Gasteiger partial charge in [-0.25, -0.2) is 9.97 Å². The van der Waals surface area contributed by atoms with E-state index < -0.39 is 0 Å². The van der Waals surface area contributed by atoms with Crippen LogP contribution < -0.4 is 5.32 Å². The highest BCUT2D eigenvalue weighted by Gasteiger charge is 2.17. The third kappa shape index (κ3) is 3.23. The molecule has 0 bridgehead atoms. The lowest BCUT2D eigenvalue weighted by Crippen LogP contribution is -2.13. The molecule has 1 N–H and O–H groups in total. The number of benzene rings is 2. The van der Waals surface area contributed by atoms with E-state index in [-0.39, 0.29) is 5.91 Å². The van der Waals surface area contributed by atoms with Crippen LogP contribution in [0, 0.1) is 13.8 Å². The maximum Gasteiger partial charge on any atom is 0.258 e. The van der Waals surface area contributed by atoms with Gasteiger partial charge >= 0.3 is 0 Å². The van der Waals surface area contributed by atoms with Gasteiger partial charge in [0.1, 0.15) is 0 Å². The number of pyridine rings is 1. The number of hydrogen-bond acceptors (Lipinski definition) is 5. The second-order valence-electron chi connectivity index (χ2n) is 7.32. The molecule has 30 heavy (non-hydrogen) atoms. The zero-order valence-corrected chi connectivity index (χ0v) is 17.6. The van der Waals surface area contributed by atoms with Crippen LogP contribution in [0.15, 0.2) is 54.7 Å². The molecule has 7 heteroatoms. The van der Waals surface area contributed by atoms with Crippen molar-refractivity contribution in [1.29, 1.82) is 0 Å². The lowest BCUT2D eigenvalue weighted by atomic mass is 10.0. The smallest absolute Gasteiger partial charge is 0.258 e. The Kier molecular flexibility index (Phi) is 4.33. The molecule has 148 valence electrons. The quantitative estimate of drug-likeness (QED) is 0.446. The van der Waals surface area contributed by atoms with Crippen LogP contribution in [0.5, 0.6) is 0 Å². The van der Waals surface area contributed by atoms with Crippen LogP contribution in [0.1, 0.15) is 21.6 Å². The van der Waals surface area contributed by atoms with E-state index in [1.165, 1.54) is 16.9 Å². The SMILES string of the molecule is Cc1ccc2nc(NC(=O)c3cc(-c4cn(C)nc4C)nc4ccccc34)sc2c1. The van der Waals surface area contributed by atoms with Gasteiger partial charge < -0.3 is 0 Å². The van der Waals surface area contributed by atoms with E-state index in [4.69, 9.17) is 4.98 Å². The van der Waals surface area contributed by atoms with Gasteiger partial charge in [0, 0.05) is 24.2 Å². The van der Waals surface area contributed by atoms with Crippen molar-refractivity contribution in [2.45, 2.75) is 13.8 Å². The zero-order valence-electron chi connectivity index (χ0n) is 16.8. The van der Waals surface area contributed by atoms with Gasteiger partial charge in [0.25, 0.3) is 5.91 Å². The highest BCUT2D eigenvalue weighted by atomic mass is 32.1. The number of para-hydroxylation sites is 1. The van der Waals surface area contributed by atoms with Gasteiger partial charge in [-0.3, -0.25) is 14.8 Å². The van der Waals surface area contributed by atoms with Crippen LogP contribution in [0.4, 0.5) is 5.13 Å². The number of aromatic nitrogens is 4. The normalized spacial score (nSPS) is 11.3. The van der Waals surface area contributed by atoms with E-state index in [0.29, 0.717) is 10.7 Å². The van der Waals surface area contributed by atoms with Crippen LogP contribution in [0.3, 0.4) is 0 Å². The molecule has 0 spiro atoms. The minimum atomic E-state index is -0.202. The molecule has 0 aliphatic carbocycles. The van der Waals surface area contributed by atoms with E-state index in [9.17, 15) is 4.79 Å². The van der Waals surface area contributed by atoms with Crippen molar-refractivity contribution < 1.29 is 4.79 Å². The number of aryl methyl sites for hydroxylation is 3. The standard InChI is InChI=1S/C23H19N5OS/c1-13-8-9-19-21(10-13)30-23(25-19)26-22(29)16-11-20(17-12-28(3)27-14(17)2)24-18-7-5-4-6-15(16)18/h4-12H,1-3H3,(H,25,26,29). The molecule has 0 unspecified atom stereocenters. The topological polar surface area (TPSA) is 72.7 Å². The summed E-state index contributed by atoms with van der Waals surface area (Å²) in [5.74, 6) is -0.202. The molecule has 2 aromatic carbocycles. The predicted octanol–water partition coefficient (Wildman–Crippen LogP) is 5.11. The van der Waals surface area contributed by atoms with Crippen molar-refractivity contribution in [3.8, 4) is 11.3 Å². The van der Waals surface area contributed by atoms with E-state index in [1.807, 2.05) is 69.6 Å². The van der Waals surface area contributed by atoms with Gasteiger partial charge in [-0.2, -0.15) is 5.10 Å². The van der Waals surface area contributed by atoms with Gasteiger partial charge in [0.05, 0.1) is 32.7 Å². The molecule has 6 nitrogen and oxygen atoms in total. The average Bonchev–Trinajstić information content (AvgIpc) is 3.28. The number of nitrogens with zero attached hydrogens (tertiary/aromatic N) is 4. The minimum absolute atomic E-state index is 0.202. The summed E-state index contributed by atoms with van der Waals surface area (Å²) in [5.41, 5.74) is 5.88. The second kappa shape index (κ2) is 7.03. The summed E-state index contributed by atoms with van der Waals surface area (Å²) in [7, 11) is 1.88. The van der Waals surface area contributed by atoms with Crippen molar-refractivity contribution in [2.24, 2.45) is 7.05 Å². The third-order valence-corrected chi connectivity index (χ3v) is 5.95. The Hall–Kier alpha value is -3.58. The van der Waals surface area contributed by atoms with Crippen LogP contribution in [0.25, 0.3) is 32.4 Å². The summed E-state index contributed by atoms with van der Waals surface area (Å²) in [4.78, 5) is 22.6. The summed E-state index contributed by atoms with van der Waals surface area (Å²) in [5, 5.41) is 8.77. The number of thiazole rings is 1. The molecule has 3 aromatic heterocycles. The number of rotatable bonds is 3. The van der Waals surface area contributed by atoms with Crippen LogP contribution in [-0.2, 0) is 7.05 Å². The first kappa shape index (κ1) is 18.4. The van der Waals surface area contributed by atoms with E-state index in [2.05, 4.69) is 21.5 Å². The van der Waals surface area contributed by atoms with Crippen molar-refractivity contribution in [2.75, 3.05) is 5.32 Å². The molecular formula is C23H19N5OS. The van der Waals surface area contributed by atoms with E-state index in [1.54, 1.807) is 4.68 Å². The molecule has 0 fully saturated rings. The molecule has 0 aliphatic heterocycles. The maximum absolute atomic E-state index is 13.3. The molecule has 5 rings (SSSR count). The lowest BCUT2D eigenvalue weighted by molar-refractivity contribution is 0.102. The molecule has 3 heterocycles. The van der Waals surface area contributed by atoms with Gasteiger partial charge in [-0.05, 0) is 43.7 Å². The van der Waals surface area contributed by atoms with Crippen molar-refractivity contribution in [1.82, 2.24) is 19.7 Å². The number of fused-ring (bicyclic) bond motifs is 2. The largest absolute Gasteiger partial charge is 0.298 e. The first-order valence-corrected chi connectivity index (χ1v) is 10.4. The lowest BCUT2D eigenvalue weighted by Gasteiger charge is -2.09. The van der Waals surface area contributed by atoms with Gasteiger partial charge in [0.15, 0.2) is 5.13 Å². The Labute approximate surface area is 177 Å². The molecule has 0 radical (unpaired) electrons. The summed E-state index contributed by atoms with van der Waals surface area (Å²) in [6, 6.07) is 15.6. The molecule has 0 aliphatic rings. The first-order valence-electron chi connectivity index (χ1n) is 9.57. The Balaban J connectivity index is 1.59. The summed E-state index contributed by atoms with van der Waals surface area (Å²) < 4.78 is 2.81. The first-order chi connectivity index (χ1) is 14.5. The molecule has 0 saturated heterocycles. The second-order valence-corrected chi connectivity index (χ2v) is 8.35. The minimum Gasteiger partial charge on any atom is -0.298 e. The molecule has 0 atom stereocenters. The molecular weight excluding hydrogens is 394 g/mol. The number of anilines is 1. The van der Waals surface area contributed by atoms with Crippen LogP contribution >= 0.6 is 11.3 Å². The Morgan fingerprint density at radius 1 is 1.03 bits per heavy atom. The number of nitrogens with one attached hydrogen (secondary N) is 1. The van der Waals surface area contributed by atoms with Crippen LogP contribution in [0.2, 0.25) is 0 Å². The van der Waals surface area contributed by atoms with Crippen LogP contribution in [-0.4, -0.2) is 25.7 Å². The fourth-order valence-corrected chi connectivity index (χ4v) is 4.56. The molecule has 1 amide bonds.